The minimum absolute atomic E-state index is 0.638. The molecule has 11 heavy (non-hydrogen) atoms. The fraction of sp³-hybridized carbons (Fsp3) is 0. The molecule has 1 aromatic rings. The highest BCUT2D eigenvalue weighted by Crippen LogP contribution is 2.15. The topological polar surface area (TPSA) is 17.1 Å². The lowest BCUT2D eigenvalue weighted by Crippen LogP contribution is -1.72. The summed E-state index contributed by atoms with van der Waals surface area (Å²) in [6.45, 7) is 0. The van der Waals surface area contributed by atoms with Gasteiger partial charge in [0.2, 0.25) is 6.29 Å². The molecule has 0 unspecified atom stereocenters. The molecular formula is C9H6ClO. The maximum absolute atomic E-state index is 9.83. The molecule has 0 aliphatic rings. The van der Waals surface area contributed by atoms with Crippen molar-refractivity contribution in [2.24, 2.45) is 0 Å². The van der Waals surface area contributed by atoms with E-state index in [1.807, 2.05) is 18.2 Å². The van der Waals surface area contributed by atoms with Crippen molar-refractivity contribution in [3.05, 3.63) is 40.9 Å². The van der Waals surface area contributed by atoms with Crippen LogP contribution in [0.25, 0.3) is 6.08 Å². The molecule has 1 nitrogen and oxygen atoms in total. The molecule has 0 heterocycles. The molecule has 1 radical (unpaired) electrons. The third-order valence-corrected chi connectivity index (χ3v) is 1.58. The maximum Gasteiger partial charge on any atom is 0.225 e. The Morgan fingerprint density at radius 1 is 1.36 bits per heavy atom. The second kappa shape index (κ2) is 3.94. The van der Waals surface area contributed by atoms with Crippen LogP contribution in [-0.4, -0.2) is 6.29 Å². The molecule has 1 aromatic carbocycles. The van der Waals surface area contributed by atoms with E-state index in [2.05, 4.69) is 0 Å². The maximum atomic E-state index is 9.83. The lowest BCUT2D eigenvalue weighted by Gasteiger charge is -1.93. The van der Waals surface area contributed by atoms with Crippen LogP contribution in [0.5, 0.6) is 0 Å². The van der Waals surface area contributed by atoms with Gasteiger partial charge in [-0.2, -0.15) is 0 Å². The first kappa shape index (κ1) is 8.02. The van der Waals surface area contributed by atoms with Crippen LogP contribution < -0.4 is 0 Å². The van der Waals surface area contributed by atoms with Crippen LogP contribution in [0.3, 0.4) is 0 Å². The molecule has 0 N–H and O–H groups in total. The standard InChI is InChI=1S/C9H6ClO/c10-9-6-2-1-4-8(9)5-3-7-11/h1-6H. The fourth-order valence-corrected chi connectivity index (χ4v) is 0.933. The van der Waals surface area contributed by atoms with Gasteiger partial charge in [0.1, 0.15) is 0 Å². The zero-order chi connectivity index (χ0) is 8.10. The van der Waals surface area contributed by atoms with Gasteiger partial charge in [-0.05, 0) is 23.8 Å². The highest BCUT2D eigenvalue weighted by molar-refractivity contribution is 6.32. The molecule has 0 spiro atoms. The summed E-state index contributed by atoms with van der Waals surface area (Å²) in [6.07, 6.45) is 4.57. The largest absolute Gasteiger partial charge is 0.286 e. The van der Waals surface area contributed by atoms with Crippen molar-refractivity contribution < 1.29 is 4.79 Å². The minimum Gasteiger partial charge on any atom is -0.286 e. The molecule has 1 rings (SSSR count). The Morgan fingerprint density at radius 2 is 2.09 bits per heavy atom. The average Bonchev–Trinajstić information content (AvgIpc) is 2.03. The number of allylic oxidation sites excluding steroid dienone is 1. The predicted molar refractivity (Wildman–Crippen MR) is 46.2 cm³/mol. The fourth-order valence-electron chi connectivity index (χ4n) is 0.734. The molecule has 0 aliphatic carbocycles. The first-order valence-corrected chi connectivity index (χ1v) is 3.51. The van der Waals surface area contributed by atoms with E-state index < -0.39 is 0 Å². The van der Waals surface area contributed by atoms with Crippen LogP contribution in [0, 0.1) is 0 Å². The van der Waals surface area contributed by atoms with Gasteiger partial charge in [0, 0.05) is 5.02 Å². The third-order valence-electron chi connectivity index (χ3n) is 1.24. The monoisotopic (exact) mass is 165 g/mol. The minimum atomic E-state index is 0.638. The van der Waals surface area contributed by atoms with E-state index in [1.54, 1.807) is 18.4 Å². The van der Waals surface area contributed by atoms with Crippen LogP contribution in [0.15, 0.2) is 30.3 Å². The molecule has 0 amide bonds. The molecule has 0 saturated carbocycles. The van der Waals surface area contributed by atoms with E-state index >= 15 is 0 Å². The van der Waals surface area contributed by atoms with Crippen molar-refractivity contribution in [1.29, 1.82) is 0 Å². The van der Waals surface area contributed by atoms with Crippen LogP contribution in [0.4, 0.5) is 0 Å². The predicted octanol–water partition coefficient (Wildman–Crippen LogP) is 2.46. The van der Waals surface area contributed by atoms with Crippen molar-refractivity contribution in [3.63, 3.8) is 0 Å². The average molecular weight is 166 g/mol. The lowest BCUT2D eigenvalue weighted by atomic mass is 10.2. The van der Waals surface area contributed by atoms with Crippen molar-refractivity contribution >= 4 is 24.0 Å². The molecule has 55 valence electrons. The summed E-state index contributed by atoms with van der Waals surface area (Å²) < 4.78 is 0. The normalized spacial score (nSPS) is 10.3. The second-order valence-electron chi connectivity index (χ2n) is 1.97. The summed E-state index contributed by atoms with van der Waals surface area (Å²) in [4.78, 5) is 9.83. The van der Waals surface area contributed by atoms with Gasteiger partial charge in [0.15, 0.2) is 0 Å². The smallest absolute Gasteiger partial charge is 0.225 e. The highest BCUT2D eigenvalue weighted by atomic mass is 35.5. The van der Waals surface area contributed by atoms with Gasteiger partial charge in [0.25, 0.3) is 0 Å². The molecule has 0 bridgehead atoms. The Hall–Kier alpha value is -1.08. The quantitative estimate of drug-likeness (QED) is 0.616. The summed E-state index contributed by atoms with van der Waals surface area (Å²) in [6, 6.07) is 7.29. The molecule has 0 atom stereocenters. The van der Waals surface area contributed by atoms with Gasteiger partial charge in [0.05, 0.1) is 0 Å². The summed E-state index contributed by atoms with van der Waals surface area (Å²) in [5.41, 5.74) is 0.831. The van der Waals surface area contributed by atoms with Crippen LogP contribution in [-0.2, 0) is 4.79 Å². The SMILES string of the molecule is O=[C]C=Cc1ccccc1Cl. The second-order valence-corrected chi connectivity index (χ2v) is 2.38. The van der Waals surface area contributed by atoms with E-state index in [4.69, 9.17) is 11.6 Å². The van der Waals surface area contributed by atoms with E-state index in [9.17, 15) is 4.79 Å². The molecule has 0 fully saturated rings. The summed E-state index contributed by atoms with van der Waals surface area (Å²) in [5.74, 6) is 0. The van der Waals surface area contributed by atoms with E-state index in [1.165, 1.54) is 6.08 Å². The first-order chi connectivity index (χ1) is 5.34. The Labute approximate surface area is 70.3 Å². The summed E-state index contributed by atoms with van der Waals surface area (Å²) in [7, 11) is 0. The van der Waals surface area contributed by atoms with E-state index in [0.717, 1.165) is 5.56 Å². The van der Waals surface area contributed by atoms with E-state index in [-0.39, 0.29) is 0 Å². The number of carbonyl (C=O) groups excluding carboxylic acids is 1. The molecule has 0 saturated heterocycles. The molecule has 0 aliphatic heterocycles. The summed E-state index contributed by atoms with van der Waals surface area (Å²) >= 11 is 5.78. The third kappa shape index (κ3) is 2.20. The number of hydrogen-bond acceptors (Lipinski definition) is 1. The van der Waals surface area contributed by atoms with Gasteiger partial charge >= 0.3 is 0 Å². The Balaban J connectivity index is 2.94. The molecular weight excluding hydrogens is 160 g/mol. The Morgan fingerprint density at radius 3 is 2.73 bits per heavy atom. The van der Waals surface area contributed by atoms with Gasteiger partial charge in [-0.3, -0.25) is 4.79 Å². The van der Waals surface area contributed by atoms with Gasteiger partial charge in [-0.1, -0.05) is 29.8 Å². The zero-order valence-corrected chi connectivity index (χ0v) is 6.51. The van der Waals surface area contributed by atoms with Gasteiger partial charge < -0.3 is 0 Å². The summed E-state index contributed by atoms with van der Waals surface area (Å²) in [5, 5.41) is 0.638. The van der Waals surface area contributed by atoms with Crippen molar-refractivity contribution in [3.8, 4) is 0 Å². The Bertz CT molecular complexity index is 279. The van der Waals surface area contributed by atoms with Gasteiger partial charge in [-0.15, -0.1) is 0 Å². The van der Waals surface area contributed by atoms with Crippen LogP contribution in [0.1, 0.15) is 5.56 Å². The van der Waals surface area contributed by atoms with Crippen LogP contribution in [0.2, 0.25) is 5.02 Å². The molecule has 0 aromatic heterocycles. The first-order valence-electron chi connectivity index (χ1n) is 3.13. The van der Waals surface area contributed by atoms with Crippen LogP contribution >= 0.6 is 11.6 Å². The number of benzene rings is 1. The number of hydrogen-bond donors (Lipinski definition) is 0. The van der Waals surface area contributed by atoms with Crippen molar-refractivity contribution in [1.82, 2.24) is 0 Å². The van der Waals surface area contributed by atoms with Crippen molar-refractivity contribution in [2.75, 3.05) is 0 Å². The number of halogens is 1. The molecule has 2 heteroatoms. The highest BCUT2D eigenvalue weighted by Gasteiger charge is 1.91. The van der Waals surface area contributed by atoms with Gasteiger partial charge in [-0.25, -0.2) is 0 Å². The lowest BCUT2D eigenvalue weighted by molar-refractivity contribution is 0.564. The van der Waals surface area contributed by atoms with Crippen molar-refractivity contribution in [2.45, 2.75) is 0 Å². The Kier molecular flexibility index (Phi) is 2.87. The van der Waals surface area contributed by atoms with E-state index in [0.29, 0.717) is 5.02 Å². The number of rotatable bonds is 2. The zero-order valence-electron chi connectivity index (χ0n) is 5.75.